The van der Waals surface area contributed by atoms with E-state index in [1.54, 1.807) is 6.08 Å². The monoisotopic (exact) mass is 516 g/mol. The molecule has 4 heterocycles. The second-order valence-electron chi connectivity index (χ2n) is 9.69. The normalized spacial score (nSPS) is 35.9. The minimum absolute atomic E-state index is 0.0589. The van der Waals surface area contributed by atoms with Crippen molar-refractivity contribution in [3.05, 3.63) is 60.0 Å². The third kappa shape index (κ3) is 4.68. The number of aliphatic hydroxyl groups excluding tert-OH is 4. The molecular weight excluding hydrogens is 484 g/mol. The summed E-state index contributed by atoms with van der Waals surface area (Å²) in [5, 5.41) is 54.6. The van der Waals surface area contributed by atoms with Crippen LogP contribution < -0.4 is 5.32 Å². The molecule has 0 amide bonds. The van der Waals surface area contributed by atoms with Crippen molar-refractivity contribution < 1.29 is 44.5 Å². The number of carboxylic acid groups (broad SMARTS) is 1. The molecule has 37 heavy (non-hydrogen) atoms. The first kappa shape index (κ1) is 25.9. The molecule has 1 fully saturated rings. The number of aliphatic carboxylic acids is 1. The molecule has 7 N–H and O–H groups in total. The summed E-state index contributed by atoms with van der Waals surface area (Å²) in [7, 11) is 0. The zero-order chi connectivity index (χ0) is 26.3. The smallest absolute Gasteiger partial charge is 0.334 e. The van der Waals surface area contributed by atoms with Crippen molar-refractivity contribution in [2.75, 3.05) is 13.2 Å². The van der Waals surface area contributed by atoms with Gasteiger partial charge >= 0.3 is 5.97 Å². The van der Waals surface area contributed by atoms with Crippen LogP contribution >= 0.6 is 0 Å². The molecule has 0 spiro atoms. The number of carbonyl (C=O) groups is 1. The third-order valence-corrected chi connectivity index (χ3v) is 7.59. The molecule has 5 rings (SSSR count). The summed E-state index contributed by atoms with van der Waals surface area (Å²) in [5.41, 5.74) is 3.30. The SMILES string of the molecule is C=C[C@@H]1[C@H](O[C@@H]2O[C@H](CO)[C@@H](O)[C@H](O)[C@H]2O)OC=C(C(=O)O)[C@H]1C[C@@H]1NCCc2c1[nH]c1ccccc21. The Balaban J connectivity index is 1.41. The first-order valence-corrected chi connectivity index (χ1v) is 12.3. The lowest BCUT2D eigenvalue weighted by Gasteiger charge is -2.43. The van der Waals surface area contributed by atoms with Crippen LogP contribution in [-0.2, 0) is 25.4 Å². The van der Waals surface area contributed by atoms with Gasteiger partial charge in [-0.05, 0) is 31.0 Å². The van der Waals surface area contributed by atoms with Gasteiger partial charge < -0.3 is 50.0 Å². The van der Waals surface area contributed by atoms with Gasteiger partial charge in [0.1, 0.15) is 24.4 Å². The second-order valence-corrected chi connectivity index (χ2v) is 9.69. The number of para-hydroxylation sites is 1. The van der Waals surface area contributed by atoms with E-state index in [1.807, 2.05) is 18.2 Å². The average Bonchev–Trinajstić information content (AvgIpc) is 3.28. The highest BCUT2D eigenvalue weighted by Crippen LogP contribution is 2.41. The molecule has 1 aromatic heterocycles. The van der Waals surface area contributed by atoms with Gasteiger partial charge in [0.15, 0.2) is 6.29 Å². The first-order valence-electron chi connectivity index (χ1n) is 12.3. The predicted octanol–water partition coefficient (Wildman–Crippen LogP) is 0.305. The fraction of sp³-hybridized carbons (Fsp3) is 0.500. The maximum atomic E-state index is 12.2. The fourth-order valence-electron chi connectivity index (χ4n) is 5.64. The van der Waals surface area contributed by atoms with Crippen LogP contribution in [0.2, 0.25) is 0 Å². The van der Waals surface area contributed by atoms with E-state index in [1.165, 1.54) is 5.56 Å². The number of aliphatic hydroxyl groups is 4. The van der Waals surface area contributed by atoms with Gasteiger partial charge in [0.25, 0.3) is 0 Å². The summed E-state index contributed by atoms with van der Waals surface area (Å²) >= 11 is 0. The molecule has 0 bridgehead atoms. The maximum absolute atomic E-state index is 12.2. The minimum atomic E-state index is -1.62. The number of nitrogens with one attached hydrogen (secondary N) is 2. The molecule has 0 unspecified atom stereocenters. The van der Waals surface area contributed by atoms with Crippen LogP contribution in [0.4, 0.5) is 0 Å². The molecule has 1 saturated heterocycles. The minimum Gasteiger partial charge on any atom is -0.478 e. The van der Waals surface area contributed by atoms with Crippen LogP contribution in [0.15, 0.2) is 48.8 Å². The van der Waals surface area contributed by atoms with Gasteiger partial charge in [0.05, 0.1) is 18.4 Å². The molecular formula is C26H32N2O9. The molecule has 3 aliphatic rings. The maximum Gasteiger partial charge on any atom is 0.334 e. The summed E-state index contributed by atoms with van der Waals surface area (Å²) < 4.78 is 16.9. The van der Waals surface area contributed by atoms with E-state index in [9.17, 15) is 30.3 Å². The van der Waals surface area contributed by atoms with Gasteiger partial charge in [-0.2, -0.15) is 0 Å². The number of fused-ring (bicyclic) bond motifs is 3. The van der Waals surface area contributed by atoms with Crippen LogP contribution in [-0.4, -0.2) is 86.6 Å². The van der Waals surface area contributed by atoms with E-state index < -0.39 is 61.4 Å². The van der Waals surface area contributed by atoms with E-state index in [4.69, 9.17) is 14.2 Å². The Bertz CT molecular complexity index is 1180. The number of H-pyrrole nitrogens is 1. The summed E-state index contributed by atoms with van der Waals surface area (Å²) in [6.45, 7) is 4.01. The van der Waals surface area contributed by atoms with Gasteiger partial charge in [0, 0.05) is 34.5 Å². The van der Waals surface area contributed by atoms with Crippen LogP contribution in [0, 0.1) is 11.8 Å². The number of hydrogen-bond donors (Lipinski definition) is 7. The first-order chi connectivity index (χ1) is 17.8. The summed E-state index contributed by atoms with van der Waals surface area (Å²) in [5.74, 6) is -2.36. The highest BCUT2D eigenvalue weighted by atomic mass is 16.8. The molecule has 0 aliphatic carbocycles. The van der Waals surface area contributed by atoms with Crippen molar-refractivity contribution in [1.29, 1.82) is 0 Å². The van der Waals surface area contributed by atoms with E-state index in [-0.39, 0.29) is 11.6 Å². The van der Waals surface area contributed by atoms with E-state index in [0.29, 0.717) is 6.42 Å². The molecule has 1 aromatic carbocycles. The lowest BCUT2D eigenvalue weighted by molar-refractivity contribution is -0.339. The highest BCUT2D eigenvalue weighted by molar-refractivity contribution is 5.87. The summed E-state index contributed by atoms with van der Waals surface area (Å²) in [4.78, 5) is 15.6. The van der Waals surface area contributed by atoms with Crippen molar-refractivity contribution in [1.82, 2.24) is 10.3 Å². The number of hydrogen-bond acceptors (Lipinski definition) is 9. The largest absolute Gasteiger partial charge is 0.478 e. The zero-order valence-electron chi connectivity index (χ0n) is 20.1. The van der Waals surface area contributed by atoms with Gasteiger partial charge in [-0.1, -0.05) is 24.3 Å². The fourth-order valence-corrected chi connectivity index (χ4v) is 5.64. The lowest BCUT2D eigenvalue weighted by atomic mass is 9.78. The van der Waals surface area contributed by atoms with E-state index in [2.05, 4.69) is 22.9 Å². The van der Waals surface area contributed by atoms with Crippen LogP contribution in [0.1, 0.15) is 23.7 Å². The average molecular weight is 517 g/mol. The van der Waals surface area contributed by atoms with E-state index in [0.717, 1.165) is 35.8 Å². The van der Waals surface area contributed by atoms with E-state index >= 15 is 0 Å². The summed E-state index contributed by atoms with van der Waals surface area (Å²) in [6, 6.07) is 7.87. The number of aromatic amines is 1. The van der Waals surface area contributed by atoms with Crippen molar-refractivity contribution in [3.8, 4) is 0 Å². The molecule has 9 atom stereocenters. The van der Waals surface area contributed by atoms with Gasteiger partial charge in [0.2, 0.25) is 6.29 Å². The van der Waals surface area contributed by atoms with Crippen molar-refractivity contribution in [2.24, 2.45) is 11.8 Å². The molecule has 3 aliphatic heterocycles. The Hall–Kier alpha value is -2.77. The second kappa shape index (κ2) is 10.5. The third-order valence-electron chi connectivity index (χ3n) is 7.59. The standard InChI is InChI=1S/C26H32N2O9/c1-2-12-15(9-18-20-14(7-8-27-18)13-5-3-4-6-17(13)28-20)16(24(33)34)11-35-25(12)37-26-23(32)22(31)21(30)19(10-29)36-26/h2-6,11-12,15,18-19,21-23,25-32H,1,7-10H2,(H,33,34)/t12-,15-,18-,19+,21+,22-,23+,25-,26-/m0/s1. The number of ether oxygens (including phenoxy) is 3. The highest BCUT2D eigenvalue weighted by Gasteiger charge is 2.48. The van der Waals surface area contributed by atoms with Gasteiger partial charge in [-0.15, -0.1) is 6.58 Å². The lowest BCUT2D eigenvalue weighted by Crippen LogP contribution is -2.60. The Labute approximate surface area is 213 Å². The van der Waals surface area contributed by atoms with Gasteiger partial charge in [-0.3, -0.25) is 0 Å². The number of carboxylic acids is 1. The van der Waals surface area contributed by atoms with Crippen molar-refractivity contribution in [2.45, 2.75) is 55.9 Å². The van der Waals surface area contributed by atoms with Crippen LogP contribution in [0.3, 0.4) is 0 Å². The van der Waals surface area contributed by atoms with Crippen molar-refractivity contribution >= 4 is 16.9 Å². The molecule has 11 nitrogen and oxygen atoms in total. The Morgan fingerprint density at radius 1 is 1.16 bits per heavy atom. The van der Waals surface area contributed by atoms with Crippen LogP contribution in [0.5, 0.6) is 0 Å². The number of aromatic nitrogens is 1. The topological polar surface area (TPSA) is 174 Å². The molecule has 0 radical (unpaired) electrons. The number of rotatable bonds is 7. The zero-order valence-corrected chi connectivity index (χ0v) is 20.1. The Kier molecular flexibility index (Phi) is 7.37. The summed E-state index contributed by atoms with van der Waals surface area (Å²) in [6.07, 6.45) is -4.53. The number of benzene rings is 1. The Morgan fingerprint density at radius 3 is 2.68 bits per heavy atom. The van der Waals surface area contributed by atoms with Gasteiger partial charge in [-0.25, -0.2) is 4.79 Å². The molecule has 2 aromatic rings. The predicted molar refractivity (Wildman–Crippen MR) is 130 cm³/mol. The van der Waals surface area contributed by atoms with Crippen LogP contribution in [0.25, 0.3) is 10.9 Å². The quantitative estimate of drug-likeness (QED) is 0.254. The molecule has 200 valence electrons. The molecule has 0 saturated carbocycles. The molecule has 11 heteroatoms. The van der Waals surface area contributed by atoms with Crippen molar-refractivity contribution in [3.63, 3.8) is 0 Å². The Morgan fingerprint density at radius 2 is 1.95 bits per heavy atom.